The molecule has 0 radical (unpaired) electrons. The van der Waals surface area contributed by atoms with Crippen molar-refractivity contribution < 1.29 is 23.4 Å². The van der Waals surface area contributed by atoms with Gasteiger partial charge in [-0.1, -0.05) is 11.6 Å². The number of amidine groups is 1. The molecular formula is C27H28ClF2N7O3. The van der Waals surface area contributed by atoms with Crippen LogP contribution in [0.1, 0.15) is 53.0 Å². The van der Waals surface area contributed by atoms with Crippen molar-refractivity contribution in [3.8, 4) is 5.75 Å². The molecule has 5 rings (SSSR count). The average Bonchev–Trinajstić information content (AvgIpc) is 3.72. The third kappa shape index (κ3) is 5.92. The Labute approximate surface area is 234 Å². The lowest BCUT2D eigenvalue weighted by atomic mass is 10.1. The van der Waals surface area contributed by atoms with E-state index in [4.69, 9.17) is 21.4 Å². The minimum absolute atomic E-state index is 0.108. The number of aliphatic hydroxyl groups is 1. The van der Waals surface area contributed by atoms with Crippen LogP contribution < -0.4 is 20.7 Å². The van der Waals surface area contributed by atoms with Crippen molar-refractivity contribution in [2.75, 3.05) is 31.6 Å². The number of nitrogens with zero attached hydrogens (tertiary/aromatic N) is 4. The van der Waals surface area contributed by atoms with Crippen molar-refractivity contribution in [3.63, 3.8) is 0 Å². The van der Waals surface area contributed by atoms with Crippen LogP contribution in [0.25, 0.3) is 0 Å². The number of halogens is 3. The van der Waals surface area contributed by atoms with Crippen LogP contribution in [0.5, 0.6) is 5.75 Å². The maximum Gasteiger partial charge on any atom is 0.255 e. The largest absolute Gasteiger partial charge is 0.494 e. The summed E-state index contributed by atoms with van der Waals surface area (Å²) < 4.78 is 36.5. The van der Waals surface area contributed by atoms with Crippen LogP contribution in [0.2, 0.25) is 5.02 Å². The molecule has 1 aromatic carbocycles. The number of hydrogen-bond acceptors (Lipinski definition) is 8. The van der Waals surface area contributed by atoms with Crippen LogP contribution in [-0.4, -0.2) is 57.9 Å². The van der Waals surface area contributed by atoms with Gasteiger partial charge in [-0.25, -0.2) is 13.8 Å². The number of nitrogens with one attached hydrogen (secondary N) is 3. The first-order valence-electron chi connectivity index (χ1n) is 12.9. The Kier molecular flexibility index (Phi) is 8.27. The Hall–Kier alpha value is -4.03. The SMILES string of the molecule is CCOc1cc(F)c(Cn2nc(C3=NC(Nc4ccncc4C(=O)NCCO)=CCN3)c(Cl)c2C2CC2)c(F)c1. The molecule has 1 aliphatic heterocycles. The van der Waals surface area contributed by atoms with Crippen molar-refractivity contribution in [2.45, 2.75) is 32.2 Å². The summed E-state index contributed by atoms with van der Waals surface area (Å²) >= 11 is 6.80. The van der Waals surface area contributed by atoms with Crippen LogP contribution >= 0.6 is 11.6 Å². The van der Waals surface area contributed by atoms with Gasteiger partial charge in [0.25, 0.3) is 5.91 Å². The van der Waals surface area contributed by atoms with E-state index in [1.807, 2.05) is 0 Å². The molecule has 0 atom stereocenters. The minimum atomic E-state index is -0.725. The molecule has 1 fully saturated rings. The first kappa shape index (κ1) is 27.5. The van der Waals surface area contributed by atoms with Crippen LogP contribution in [0.4, 0.5) is 14.5 Å². The maximum atomic E-state index is 14.9. The van der Waals surface area contributed by atoms with E-state index >= 15 is 0 Å². The summed E-state index contributed by atoms with van der Waals surface area (Å²) in [6, 6.07) is 3.97. The molecule has 1 amide bonds. The highest BCUT2D eigenvalue weighted by molar-refractivity contribution is 6.34. The zero-order valence-corrected chi connectivity index (χ0v) is 22.4. The summed E-state index contributed by atoms with van der Waals surface area (Å²) in [5.74, 6) is -0.764. The number of pyridine rings is 1. The number of ether oxygens (including phenoxy) is 1. The van der Waals surface area contributed by atoms with Gasteiger partial charge in [-0.3, -0.25) is 14.5 Å². The Balaban J connectivity index is 1.43. The predicted octanol–water partition coefficient (Wildman–Crippen LogP) is 3.56. The normalized spacial score (nSPS) is 14.7. The van der Waals surface area contributed by atoms with Crippen molar-refractivity contribution in [1.29, 1.82) is 0 Å². The number of carbonyl (C=O) groups is 1. The average molecular weight is 572 g/mol. The molecule has 0 bridgehead atoms. The van der Waals surface area contributed by atoms with E-state index < -0.39 is 17.5 Å². The molecule has 2 aromatic heterocycles. The van der Waals surface area contributed by atoms with E-state index in [2.05, 4.69) is 31.0 Å². The molecule has 1 aliphatic carbocycles. The molecule has 13 heteroatoms. The highest BCUT2D eigenvalue weighted by Gasteiger charge is 2.34. The molecule has 10 nitrogen and oxygen atoms in total. The molecule has 3 aromatic rings. The van der Waals surface area contributed by atoms with Gasteiger partial charge in [-0.2, -0.15) is 5.10 Å². The molecule has 4 N–H and O–H groups in total. The number of hydrogen-bond donors (Lipinski definition) is 4. The number of rotatable bonds is 11. The lowest BCUT2D eigenvalue weighted by Crippen LogP contribution is -2.30. The van der Waals surface area contributed by atoms with E-state index in [0.29, 0.717) is 46.9 Å². The predicted molar refractivity (Wildman–Crippen MR) is 146 cm³/mol. The number of aliphatic imine (C=N–C) groups is 1. The summed E-state index contributed by atoms with van der Waals surface area (Å²) in [5, 5.41) is 22.9. The number of amides is 1. The summed E-state index contributed by atoms with van der Waals surface area (Å²) in [6.45, 7) is 2.20. The van der Waals surface area contributed by atoms with Crippen LogP contribution in [0, 0.1) is 11.6 Å². The van der Waals surface area contributed by atoms with Gasteiger partial charge in [-0.05, 0) is 31.9 Å². The Morgan fingerprint density at radius 3 is 2.77 bits per heavy atom. The summed E-state index contributed by atoms with van der Waals surface area (Å²) in [4.78, 5) is 21.1. The second kappa shape index (κ2) is 12.0. The topological polar surface area (TPSA) is 126 Å². The highest BCUT2D eigenvalue weighted by Crippen LogP contribution is 2.44. The lowest BCUT2D eigenvalue weighted by Gasteiger charge is -2.17. The number of aliphatic hydroxyl groups excluding tert-OH is 1. The first-order chi connectivity index (χ1) is 19.4. The summed E-state index contributed by atoms with van der Waals surface area (Å²) in [6.07, 6.45) is 6.54. The summed E-state index contributed by atoms with van der Waals surface area (Å²) in [5.41, 5.74) is 1.68. The van der Waals surface area contributed by atoms with Gasteiger partial charge in [0, 0.05) is 49.1 Å². The van der Waals surface area contributed by atoms with Gasteiger partial charge in [-0.15, -0.1) is 0 Å². The maximum absolute atomic E-state index is 14.9. The van der Waals surface area contributed by atoms with Gasteiger partial charge in [0.2, 0.25) is 0 Å². The van der Waals surface area contributed by atoms with Crippen molar-refractivity contribution in [2.24, 2.45) is 4.99 Å². The van der Waals surface area contributed by atoms with Gasteiger partial charge >= 0.3 is 0 Å². The van der Waals surface area contributed by atoms with E-state index in [1.54, 1.807) is 23.7 Å². The van der Waals surface area contributed by atoms with Crippen LogP contribution in [-0.2, 0) is 6.54 Å². The van der Waals surface area contributed by atoms with Gasteiger partial charge in [0.15, 0.2) is 5.84 Å². The zero-order chi connectivity index (χ0) is 28.2. The number of carbonyl (C=O) groups excluding carboxylic acids is 1. The fourth-order valence-corrected chi connectivity index (χ4v) is 4.73. The monoisotopic (exact) mass is 571 g/mol. The minimum Gasteiger partial charge on any atom is -0.494 e. The highest BCUT2D eigenvalue weighted by atomic mass is 35.5. The van der Waals surface area contributed by atoms with Gasteiger partial charge < -0.3 is 25.8 Å². The molecular weight excluding hydrogens is 544 g/mol. The van der Waals surface area contributed by atoms with Crippen molar-refractivity contribution >= 4 is 29.0 Å². The van der Waals surface area contributed by atoms with Crippen LogP contribution in [0.15, 0.2) is 47.5 Å². The number of aromatic nitrogens is 3. The lowest BCUT2D eigenvalue weighted by molar-refractivity contribution is 0.0945. The second-order valence-electron chi connectivity index (χ2n) is 9.23. The fourth-order valence-electron chi connectivity index (χ4n) is 4.35. The number of benzene rings is 1. The smallest absolute Gasteiger partial charge is 0.255 e. The molecule has 210 valence electrons. The van der Waals surface area contributed by atoms with Crippen molar-refractivity contribution in [3.05, 3.63) is 81.7 Å². The second-order valence-corrected chi connectivity index (χ2v) is 9.61. The molecule has 2 aliphatic rings. The third-order valence-corrected chi connectivity index (χ3v) is 6.75. The molecule has 0 spiro atoms. The van der Waals surface area contributed by atoms with E-state index in [1.165, 1.54) is 12.4 Å². The van der Waals surface area contributed by atoms with E-state index in [9.17, 15) is 13.6 Å². The Morgan fingerprint density at radius 2 is 2.08 bits per heavy atom. The molecule has 1 saturated carbocycles. The molecule has 0 saturated heterocycles. The van der Waals surface area contributed by atoms with Crippen LogP contribution in [0.3, 0.4) is 0 Å². The standard InChI is InChI=1S/C27H28ClF2N7O3/c1-2-40-16-11-19(29)18(20(30)12-16)14-37-25(15-3-4-15)23(28)24(36-37)26-32-8-6-22(35-26)34-21-5-7-31-13-17(21)27(39)33-9-10-38/h5-7,11-13,15,38H,2-4,8-10,14H2,1H3,(H,31,34)(H,32,35)(H,33,39). The number of anilines is 1. The van der Waals surface area contributed by atoms with Crippen molar-refractivity contribution in [1.82, 2.24) is 25.4 Å². The molecule has 0 unspecified atom stereocenters. The summed E-state index contributed by atoms with van der Waals surface area (Å²) in [7, 11) is 0. The van der Waals surface area contributed by atoms with E-state index in [0.717, 1.165) is 25.0 Å². The van der Waals surface area contributed by atoms with E-state index in [-0.39, 0.29) is 42.5 Å². The first-order valence-corrected chi connectivity index (χ1v) is 13.3. The Morgan fingerprint density at radius 1 is 1.30 bits per heavy atom. The quantitative estimate of drug-likeness (QED) is 0.277. The third-order valence-electron chi connectivity index (χ3n) is 6.38. The van der Waals surface area contributed by atoms with Gasteiger partial charge in [0.05, 0.1) is 41.7 Å². The Bertz CT molecular complexity index is 1460. The zero-order valence-electron chi connectivity index (χ0n) is 21.7. The molecule has 40 heavy (non-hydrogen) atoms. The fraction of sp³-hybridized carbons (Fsp3) is 0.333. The molecule has 3 heterocycles. The van der Waals surface area contributed by atoms with Gasteiger partial charge in [0.1, 0.15) is 28.9 Å².